The molecule has 0 radical (unpaired) electrons. The number of aromatic hydroxyl groups is 1. The number of phenols is 1. The van der Waals surface area contributed by atoms with E-state index in [2.05, 4.69) is 36.0 Å². The lowest BCUT2D eigenvalue weighted by atomic mass is 10.1. The molecule has 1 amide bonds. The van der Waals surface area contributed by atoms with Gasteiger partial charge in [0.25, 0.3) is 56.5 Å². The van der Waals surface area contributed by atoms with Gasteiger partial charge in [0.05, 0.1) is 44.5 Å². The molecule has 0 atom stereocenters. The number of nitrogens with one attached hydrogen (secondary N) is 1. The molecule has 0 aliphatic carbocycles. The number of benzene rings is 9. The maximum absolute atomic E-state index is 12.9. The van der Waals surface area contributed by atoms with Gasteiger partial charge in [0.15, 0.2) is 5.75 Å². The number of nitrogens with two attached hydrogens (primary N) is 1. The largest absolute Gasteiger partial charge is 0.505 e. The second kappa shape index (κ2) is 20.2. The molecule has 9 rings (SSSR count). The molecule has 9 aromatic rings. The van der Waals surface area contributed by atoms with Crippen LogP contribution in [-0.2, 0) is 50.6 Å². The van der Waals surface area contributed by atoms with Crippen molar-refractivity contribution in [1.29, 1.82) is 0 Å². The molecule has 9 aromatic carbocycles. The van der Waals surface area contributed by atoms with Gasteiger partial charge in [0.1, 0.15) is 26.9 Å². The highest BCUT2D eigenvalue weighted by Gasteiger charge is 2.25. The zero-order valence-corrected chi connectivity index (χ0v) is 43.7. The standard InChI is InChI=1S/C48H34N8O18S5/c1-74-42-23-41(54-53-40-15-14-39(34-12-9-30(20-37(34)40)75(59,60)61)52-51-29-7-4-25-17-32(77(65,66)67)22-43(36(25)19-29)78(68,69)70)38-21-31(76(62,63)64)10-13-35(38)45(42)55-56-46-44(79(71,72)73)18-26-16-28(8-11-33(26)47(46)57)50-48(58)24-2-5-27(49)6-3-24/h2-23,57H,49H2,1H3,(H,50,58)(H,59,60,61)(H,62,63,64)(H,65,66,67)(H,68,69,70)(H,71,72,73). The van der Waals surface area contributed by atoms with Gasteiger partial charge in [0.2, 0.25) is 0 Å². The molecule has 0 spiro atoms. The van der Waals surface area contributed by atoms with Crippen LogP contribution in [0.25, 0.3) is 43.1 Å². The van der Waals surface area contributed by atoms with Crippen molar-refractivity contribution in [3.63, 3.8) is 0 Å². The van der Waals surface area contributed by atoms with E-state index in [1.807, 2.05) is 0 Å². The third kappa shape index (κ3) is 11.5. The van der Waals surface area contributed by atoms with Crippen molar-refractivity contribution in [2.75, 3.05) is 18.2 Å². The molecular weight excluding hydrogens is 1140 g/mol. The lowest BCUT2D eigenvalue weighted by Crippen LogP contribution is -2.11. The number of rotatable bonds is 14. The summed E-state index contributed by atoms with van der Waals surface area (Å²) in [4.78, 5) is 9.02. The summed E-state index contributed by atoms with van der Waals surface area (Å²) in [6, 6.07) is 26.4. The van der Waals surface area contributed by atoms with Gasteiger partial charge in [-0.15, -0.1) is 25.6 Å². The van der Waals surface area contributed by atoms with E-state index in [1.165, 1.54) is 86.0 Å². The molecular formula is C48H34N8O18S5. The van der Waals surface area contributed by atoms with Gasteiger partial charge < -0.3 is 20.9 Å². The van der Waals surface area contributed by atoms with E-state index in [0.717, 1.165) is 48.5 Å². The number of fused-ring (bicyclic) bond motifs is 4. The van der Waals surface area contributed by atoms with Gasteiger partial charge in [-0.3, -0.25) is 27.6 Å². The normalized spacial score (nSPS) is 12.9. The maximum Gasteiger partial charge on any atom is 0.296 e. The average Bonchev–Trinajstić information content (AvgIpc) is 3.44. The third-order valence-electron chi connectivity index (χ3n) is 11.8. The number of nitrogen functional groups attached to an aromatic ring is 1. The summed E-state index contributed by atoms with van der Waals surface area (Å²) in [5.74, 6) is -1.52. The smallest absolute Gasteiger partial charge is 0.296 e. The van der Waals surface area contributed by atoms with Gasteiger partial charge in [-0.2, -0.15) is 47.2 Å². The van der Waals surface area contributed by atoms with E-state index in [9.17, 15) is 74.8 Å². The van der Waals surface area contributed by atoms with Crippen molar-refractivity contribution in [3.8, 4) is 11.5 Å². The maximum atomic E-state index is 12.9. The summed E-state index contributed by atoms with van der Waals surface area (Å²) < 4.78 is 179. The van der Waals surface area contributed by atoms with Crippen LogP contribution in [0.4, 0.5) is 45.5 Å². The number of carbonyl (C=O) groups excluding carboxylic acids is 1. The Balaban J connectivity index is 1.13. The topological polar surface area (TPSA) is 431 Å². The Hall–Kier alpha value is -8.76. The number of methoxy groups -OCH3 is 1. The van der Waals surface area contributed by atoms with Gasteiger partial charge in [-0.1, -0.05) is 18.2 Å². The van der Waals surface area contributed by atoms with Crippen LogP contribution in [0.2, 0.25) is 0 Å². The Morgan fingerprint density at radius 3 is 1.62 bits per heavy atom. The predicted molar refractivity (Wildman–Crippen MR) is 284 cm³/mol. The second-order valence-electron chi connectivity index (χ2n) is 16.9. The number of anilines is 2. The average molecular weight is 1170 g/mol. The number of nitrogens with zero attached hydrogens (tertiary/aromatic N) is 6. The lowest BCUT2D eigenvalue weighted by Gasteiger charge is -2.13. The van der Waals surface area contributed by atoms with Crippen molar-refractivity contribution in [2.24, 2.45) is 30.7 Å². The highest BCUT2D eigenvalue weighted by Crippen LogP contribution is 2.47. The van der Waals surface area contributed by atoms with E-state index in [0.29, 0.717) is 11.8 Å². The van der Waals surface area contributed by atoms with Gasteiger partial charge in [0, 0.05) is 55.3 Å². The number of hydrogen-bond donors (Lipinski definition) is 8. The fourth-order valence-corrected chi connectivity index (χ4v) is 11.1. The molecule has 0 aliphatic heterocycles. The summed E-state index contributed by atoms with van der Waals surface area (Å²) in [5.41, 5.74) is 5.20. The first-order valence-corrected chi connectivity index (χ1v) is 29.1. The number of azo groups is 3. The first-order valence-electron chi connectivity index (χ1n) is 21.9. The van der Waals surface area contributed by atoms with Crippen LogP contribution in [0.1, 0.15) is 10.4 Å². The zero-order valence-electron chi connectivity index (χ0n) is 39.6. The van der Waals surface area contributed by atoms with Gasteiger partial charge >= 0.3 is 0 Å². The Labute approximate surface area is 446 Å². The number of ether oxygens (including phenoxy) is 1. The summed E-state index contributed by atoms with van der Waals surface area (Å²) in [6.45, 7) is 0. The molecule has 404 valence electrons. The van der Waals surface area contributed by atoms with Crippen molar-refractivity contribution >= 4 is 145 Å². The monoisotopic (exact) mass is 1170 g/mol. The number of carbonyl (C=O) groups is 1. The van der Waals surface area contributed by atoms with Crippen LogP contribution in [0.5, 0.6) is 11.5 Å². The van der Waals surface area contributed by atoms with Gasteiger partial charge in [-0.25, -0.2) is 0 Å². The molecule has 0 saturated heterocycles. The minimum atomic E-state index is -5.19. The van der Waals surface area contributed by atoms with E-state index < -0.39 is 92.4 Å². The zero-order chi connectivity index (χ0) is 57.1. The van der Waals surface area contributed by atoms with E-state index in [4.69, 9.17) is 10.5 Å². The van der Waals surface area contributed by atoms with Crippen molar-refractivity contribution < 1.29 is 79.5 Å². The first kappa shape index (κ1) is 55.0. The van der Waals surface area contributed by atoms with Crippen LogP contribution < -0.4 is 15.8 Å². The van der Waals surface area contributed by atoms with E-state index in [1.54, 1.807) is 0 Å². The van der Waals surface area contributed by atoms with Crippen LogP contribution in [-0.4, -0.2) is 83.0 Å². The van der Waals surface area contributed by atoms with Crippen LogP contribution in [0, 0.1) is 0 Å². The summed E-state index contributed by atoms with van der Waals surface area (Å²) >= 11 is 0. The van der Waals surface area contributed by atoms with Crippen LogP contribution in [0.15, 0.2) is 189 Å². The minimum absolute atomic E-state index is 0.00694. The Kier molecular flexibility index (Phi) is 14.1. The number of amides is 1. The van der Waals surface area contributed by atoms with Crippen molar-refractivity contribution in [2.45, 2.75) is 24.5 Å². The molecule has 0 saturated carbocycles. The molecule has 79 heavy (non-hydrogen) atoms. The predicted octanol–water partition coefficient (Wildman–Crippen LogP) is 10.3. The SMILES string of the molecule is COc1cc(N=Nc2ccc(N=Nc3ccc4cc(S(=O)(=O)O)cc(S(=O)(=O)O)c4c3)c3ccc(S(=O)(=O)O)cc23)c2cc(S(=O)(=O)O)ccc2c1N=Nc1c(S(=O)(=O)O)cc2cc(NC(=O)c3ccc(N)cc3)ccc2c1O. The molecule has 0 fully saturated rings. The summed E-state index contributed by atoms with van der Waals surface area (Å²) in [5, 5.41) is 39.0. The van der Waals surface area contributed by atoms with E-state index in [-0.39, 0.29) is 88.5 Å². The summed E-state index contributed by atoms with van der Waals surface area (Å²) in [7, 11) is -23.8. The van der Waals surface area contributed by atoms with Crippen molar-refractivity contribution in [3.05, 3.63) is 139 Å². The number of phenolic OH excluding ortho intramolecular Hbond substituents is 1. The fourth-order valence-electron chi connectivity index (χ4n) is 8.07. The molecule has 0 aliphatic rings. The molecule has 31 heteroatoms. The molecule has 0 unspecified atom stereocenters. The van der Waals surface area contributed by atoms with Crippen LogP contribution >= 0.6 is 0 Å². The number of hydrogen-bond acceptors (Lipinski definition) is 20. The lowest BCUT2D eigenvalue weighted by molar-refractivity contribution is 0.102. The molecule has 9 N–H and O–H groups in total. The Bertz CT molecular complexity index is 4810. The fraction of sp³-hybridized carbons (Fsp3) is 0.0208. The minimum Gasteiger partial charge on any atom is -0.505 e. The molecule has 0 heterocycles. The molecule has 0 aromatic heterocycles. The highest BCUT2D eigenvalue weighted by atomic mass is 32.2. The highest BCUT2D eigenvalue weighted by molar-refractivity contribution is 7.87. The van der Waals surface area contributed by atoms with E-state index >= 15 is 0 Å². The molecule has 26 nitrogen and oxygen atoms in total. The summed E-state index contributed by atoms with van der Waals surface area (Å²) in [6.07, 6.45) is 0. The Morgan fingerprint density at radius 2 is 1.01 bits per heavy atom. The Morgan fingerprint density at radius 1 is 0.456 bits per heavy atom. The second-order valence-corrected chi connectivity index (χ2v) is 23.9. The molecule has 0 bridgehead atoms. The quantitative estimate of drug-likeness (QED) is 0.0285. The van der Waals surface area contributed by atoms with Gasteiger partial charge in [-0.05, 0) is 120 Å². The van der Waals surface area contributed by atoms with Crippen LogP contribution in [0.3, 0.4) is 0 Å². The van der Waals surface area contributed by atoms with Crippen molar-refractivity contribution in [1.82, 2.24) is 0 Å². The third-order valence-corrected chi connectivity index (χ3v) is 16.1. The first-order chi connectivity index (χ1) is 37.0.